The van der Waals surface area contributed by atoms with Crippen molar-refractivity contribution in [2.24, 2.45) is 0 Å². The van der Waals surface area contributed by atoms with Crippen molar-refractivity contribution in [1.29, 1.82) is 0 Å². The highest BCUT2D eigenvalue weighted by Crippen LogP contribution is 2.15. The smallest absolute Gasteiger partial charge is 0.335 e. The molecule has 1 heterocycles. The first-order valence-electron chi connectivity index (χ1n) is 6.85. The van der Waals surface area contributed by atoms with Gasteiger partial charge in [-0.2, -0.15) is 0 Å². The lowest BCUT2D eigenvalue weighted by Crippen LogP contribution is -2.23. The summed E-state index contributed by atoms with van der Waals surface area (Å²) in [5, 5.41) is 16.0. The Morgan fingerprint density at radius 3 is 2.52 bits per heavy atom. The molecular weight excluding hydrogens is 318 g/mol. The molecule has 0 atom stereocenters. The van der Waals surface area contributed by atoms with Gasteiger partial charge in [0.25, 0.3) is 5.91 Å². The SMILES string of the molecule is CCC(=O)Nc1nc(C(=O)NCc2ccc(C(=O)O)cc2)cs1. The zero-order valence-electron chi connectivity index (χ0n) is 12.3. The van der Waals surface area contributed by atoms with E-state index in [9.17, 15) is 14.4 Å². The first-order valence-corrected chi connectivity index (χ1v) is 7.73. The van der Waals surface area contributed by atoms with Crippen LogP contribution in [0.5, 0.6) is 0 Å². The summed E-state index contributed by atoms with van der Waals surface area (Å²) in [5.41, 5.74) is 1.19. The van der Waals surface area contributed by atoms with E-state index in [0.29, 0.717) is 11.6 Å². The highest BCUT2D eigenvalue weighted by Gasteiger charge is 2.12. The third-order valence-electron chi connectivity index (χ3n) is 2.96. The quantitative estimate of drug-likeness (QED) is 0.750. The van der Waals surface area contributed by atoms with E-state index in [-0.39, 0.29) is 29.6 Å². The average Bonchev–Trinajstić information content (AvgIpc) is 3.01. The Balaban J connectivity index is 1.91. The van der Waals surface area contributed by atoms with Gasteiger partial charge in [0, 0.05) is 18.3 Å². The third-order valence-corrected chi connectivity index (χ3v) is 3.72. The molecule has 0 aliphatic heterocycles. The number of nitrogens with one attached hydrogen (secondary N) is 2. The van der Waals surface area contributed by atoms with Crippen molar-refractivity contribution in [2.75, 3.05) is 5.32 Å². The number of thiazole rings is 1. The zero-order chi connectivity index (χ0) is 16.8. The van der Waals surface area contributed by atoms with Crippen LogP contribution in [0.3, 0.4) is 0 Å². The molecule has 0 saturated carbocycles. The van der Waals surface area contributed by atoms with E-state index in [1.807, 2.05) is 0 Å². The minimum absolute atomic E-state index is 0.162. The van der Waals surface area contributed by atoms with Gasteiger partial charge in [-0.1, -0.05) is 19.1 Å². The number of benzene rings is 1. The molecular formula is C15H15N3O4S. The first-order chi connectivity index (χ1) is 11.0. The maximum Gasteiger partial charge on any atom is 0.335 e. The maximum absolute atomic E-state index is 12.0. The van der Waals surface area contributed by atoms with E-state index >= 15 is 0 Å². The Labute approximate surface area is 136 Å². The van der Waals surface area contributed by atoms with Crippen molar-refractivity contribution in [2.45, 2.75) is 19.9 Å². The summed E-state index contributed by atoms with van der Waals surface area (Å²) in [5.74, 6) is -1.52. The number of amides is 2. The van der Waals surface area contributed by atoms with Gasteiger partial charge < -0.3 is 15.7 Å². The van der Waals surface area contributed by atoms with E-state index in [1.54, 1.807) is 24.4 Å². The summed E-state index contributed by atoms with van der Waals surface area (Å²) in [4.78, 5) is 38.0. The Kier molecular flexibility index (Phi) is 5.42. The Morgan fingerprint density at radius 2 is 1.91 bits per heavy atom. The van der Waals surface area contributed by atoms with E-state index in [2.05, 4.69) is 15.6 Å². The topological polar surface area (TPSA) is 108 Å². The van der Waals surface area contributed by atoms with Crippen LogP contribution in [0.15, 0.2) is 29.6 Å². The van der Waals surface area contributed by atoms with Crippen LogP contribution in [0.1, 0.15) is 39.8 Å². The Bertz CT molecular complexity index is 725. The lowest BCUT2D eigenvalue weighted by Gasteiger charge is -2.04. The van der Waals surface area contributed by atoms with Gasteiger partial charge in [0.2, 0.25) is 5.91 Å². The van der Waals surface area contributed by atoms with Crippen LogP contribution in [-0.4, -0.2) is 27.9 Å². The van der Waals surface area contributed by atoms with Gasteiger partial charge in [-0.25, -0.2) is 9.78 Å². The first kappa shape index (κ1) is 16.6. The number of rotatable bonds is 6. The molecule has 120 valence electrons. The maximum atomic E-state index is 12.0. The Hall–Kier alpha value is -2.74. The number of hydrogen-bond acceptors (Lipinski definition) is 5. The lowest BCUT2D eigenvalue weighted by atomic mass is 10.1. The molecule has 7 nitrogen and oxygen atoms in total. The molecule has 0 saturated heterocycles. The van der Waals surface area contributed by atoms with Gasteiger partial charge in [-0.05, 0) is 17.7 Å². The fraction of sp³-hybridized carbons (Fsp3) is 0.200. The lowest BCUT2D eigenvalue weighted by molar-refractivity contribution is -0.115. The van der Waals surface area contributed by atoms with Gasteiger partial charge in [0.15, 0.2) is 5.13 Å². The van der Waals surface area contributed by atoms with Crippen LogP contribution in [-0.2, 0) is 11.3 Å². The van der Waals surface area contributed by atoms with Crippen molar-refractivity contribution in [3.8, 4) is 0 Å². The van der Waals surface area contributed by atoms with Crippen LogP contribution in [0, 0.1) is 0 Å². The molecule has 2 amide bonds. The van der Waals surface area contributed by atoms with E-state index in [4.69, 9.17) is 5.11 Å². The predicted octanol–water partition coefficient (Wildman–Crippen LogP) is 2.12. The molecule has 0 aliphatic rings. The van der Waals surface area contributed by atoms with Gasteiger partial charge >= 0.3 is 5.97 Å². The molecule has 1 aromatic carbocycles. The molecule has 3 N–H and O–H groups in total. The summed E-state index contributed by atoms with van der Waals surface area (Å²) in [7, 11) is 0. The molecule has 0 bridgehead atoms. The summed E-state index contributed by atoms with van der Waals surface area (Å²) < 4.78 is 0. The van der Waals surface area contributed by atoms with Gasteiger partial charge in [0.1, 0.15) is 5.69 Å². The standard InChI is InChI=1S/C15H15N3O4S/c1-2-12(19)18-15-17-11(8-23-15)13(20)16-7-9-3-5-10(6-4-9)14(21)22/h3-6,8H,2,7H2,1H3,(H,16,20)(H,21,22)(H,17,18,19). The summed E-state index contributed by atoms with van der Waals surface area (Å²) in [6.45, 7) is 1.99. The summed E-state index contributed by atoms with van der Waals surface area (Å²) in [6, 6.07) is 6.23. The van der Waals surface area contributed by atoms with Gasteiger partial charge in [-0.15, -0.1) is 11.3 Å². The number of carbonyl (C=O) groups excluding carboxylic acids is 2. The van der Waals surface area contributed by atoms with Crippen molar-refractivity contribution in [3.63, 3.8) is 0 Å². The minimum Gasteiger partial charge on any atom is -0.478 e. The van der Waals surface area contributed by atoms with Crippen molar-refractivity contribution in [3.05, 3.63) is 46.5 Å². The number of carbonyl (C=O) groups is 3. The number of hydrogen-bond donors (Lipinski definition) is 3. The highest BCUT2D eigenvalue weighted by atomic mass is 32.1. The van der Waals surface area contributed by atoms with Crippen LogP contribution < -0.4 is 10.6 Å². The van der Waals surface area contributed by atoms with E-state index in [1.165, 1.54) is 23.5 Å². The molecule has 0 spiro atoms. The fourth-order valence-electron chi connectivity index (χ4n) is 1.68. The van der Waals surface area contributed by atoms with Gasteiger partial charge in [0.05, 0.1) is 5.56 Å². The van der Waals surface area contributed by atoms with Crippen LogP contribution in [0.4, 0.5) is 5.13 Å². The van der Waals surface area contributed by atoms with Crippen molar-refractivity contribution < 1.29 is 19.5 Å². The predicted molar refractivity (Wildman–Crippen MR) is 85.6 cm³/mol. The molecule has 0 fully saturated rings. The second-order valence-corrected chi connectivity index (χ2v) is 5.48. The monoisotopic (exact) mass is 333 g/mol. The summed E-state index contributed by atoms with van der Waals surface area (Å²) in [6.07, 6.45) is 0.341. The van der Waals surface area contributed by atoms with Gasteiger partial charge in [-0.3, -0.25) is 9.59 Å². The molecule has 0 aliphatic carbocycles. The highest BCUT2D eigenvalue weighted by molar-refractivity contribution is 7.14. The second-order valence-electron chi connectivity index (χ2n) is 4.62. The molecule has 2 rings (SSSR count). The molecule has 1 aromatic heterocycles. The molecule has 0 unspecified atom stereocenters. The van der Waals surface area contributed by atoms with Crippen LogP contribution in [0.2, 0.25) is 0 Å². The number of aromatic nitrogens is 1. The number of aromatic carboxylic acids is 1. The minimum atomic E-state index is -0.996. The Morgan fingerprint density at radius 1 is 1.22 bits per heavy atom. The number of nitrogens with zero attached hydrogens (tertiary/aromatic N) is 1. The van der Waals surface area contributed by atoms with Crippen molar-refractivity contribution in [1.82, 2.24) is 10.3 Å². The number of carboxylic acid groups (broad SMARTS) is 1. The zero-order valence-corrected chi connectivity index (χ0v) is 13.1. The second kappa shape index (κ2) is 7.50. The van der Waals surface area contributed by atoms with Crippen LogP contribution >= 0.6 is 11.3 Å². The van der Waals surface area contributed by atoms with Crippen LogP contribution in [0.25, 0.3) is 0 Å². The largest absolute Gasteiger partial charge is 0.478 e. The number of anilines is 1. The fourth-order valence-corrected chi connectivity index (χ4v) is 2.39. The van der Waals surface area contributed by atoms with Crippen molar-refractivity contribution >= 4 is 34.3 Å². The molecule has 23 heavy (non-hydrogen) atoms. The number of carboxylic acids is 1. The van der Waals surface area contributed by atoms with E-state index < -0.39 is 5.97 Å². The third kappa shape index (κ3) is 4.62. The average molecular weight is 333 g/mol. The summed E-state index contributed by atoms with van der Waals surface area (Å²) >= 11 is 1.18. The molecule has 0 radical (unpaired) electrons. The molecule has 8 heteroatoms. The van der Waals surface area contributed by atoms with E-state index in [0.717, 1.165) is 5.56 Å². The normalized spacial score (nSPS) is 10.1. The molecule has 2 aromatic rings.